The molecule has 7 N–H and O–H groups in total. The molecule has 0 aliphatic rings. The van der Waals surface area contributed by atoms with Crippen LogP contribution < -0.4 is 32.3 Å². The summed E-state index contributed by atoms with van der Waals surface area (Å²) in [5.74, 6) is -1.33. The summed E-state index contributed by atoms with van der Waals surface area (Å²) in [6.07, 6.45) is -0.765. The van der Waals surface area contributed by atoms with Gasteiger partial charge in [-0.2, -0.15) is 0 Å². The second-order valence-corrected chi connectivity index (χ2v) is 9.89. The van der Waals surface area contributed by atoms with E-state index in [0.717, 1.165) is 5.56 Å². The van der Waals surface area contributed by atoms with Gasteiger partial charge in [0.15, 0.2) is 0 Å². The number of amides is 6. The molecule has 0 bridgehead atoms. The van der Waals surface area contributed by atoms with E-state index < -0.39 is 47.7 Å². The molecule has 6 amide bonds. The van der Waals surface area contributed by atoms with E-state index in [2.05, 4.69) is 31.3 Å². The molecule has 0 fully saturated rings. The van der Waals surface area contributed by atoms with E-state index in [1.54, 1.807) is 58.9 Å². The third-order valence-corrected chi connectivity index (χ3v) is 5.07. The van der Waals surface area contributed by atoms with Crippen molar-refractivity contribution in [2.24, 2.45) is 11.7 Å². The maximum atomic E-state index is 13.1. The van der Waals surface area contributed by atoms with Crippen molar-refractivity contribution in [3.05, 3.63) is 29.8 Å². The van der Waals surface area contributed by atoms with Crippen LogP contribution in [0.25, 0.3) is 0 Å². The second kappa shape index (κ2) is 15.3. The van der Waals surface area contributed by atoms with Crippen LogP contribution in [0.1, 0.15) is 53.0 Å². The first kappa shape index (κ1) is 32.0. The average molecular weight is 537 g/mol. The number of nitrogens with one attached hydrogen (secondary N) is 5. The first-order valence-corrected chi connectivity index (χ1v) is 12.3. The third-order valence-electron chi connectivity index (χ3n) is 5.07. The van der Waals surface area contributed by atoms with Crippen LogP contribution in [-0.2, 0) is 25.6 Å². The molecule has 0 saturated carbocycles. The molecular formula is C25H40N6O7. The zero-order valence-corrected chi connectivity index (χ0v) is 22.8. The van der Waals surface area contributed by atoms with Crippen LogP contribution in [0.15, 0.2) is 24.3 Å². The Labute approximate surface area is 222 Å². The molecule has 0 heterocycles. The van der Waals surface area contributed by atoms with Gasteiger partial charge in [-0.05, 0) is 57.2 Å². The molecule has 0 saturated heterocycles. The van der Waals surface area contributed by atoms with Crippen molar-refractivity contribution < 1.29 is 33.4 Å². The van der Waals surface area contributed by atoms with E-state index in [1.807, 2.05) is 0 Å². The van der Waals surface area contributed by atoms with Crippen molar-refractivity contribution in [3.8, 4) is 0 Å². The summed E-state index contributed by atoms with van der Waals surface area (Å²) in [4.78, 5) is 60.4. The molecule has 13 heteroatoms. The van der Waals surface area contributed by atoms with Gasteiger partial charge < -0.3 is 41.8 Å². The monoisotopic (exact) mass is 536 g/mol. The Morgan fingerprint density at radius 3 is 2.08 bits per heavy atom. The van der Waals surface area contributed by atoms with Crippen LogP contribution in [0.2, 0.25) is 0 Å². The SMILES string of the molecule is COC(=O)N[C@H](C(=O)N[C@@H](CCCNC(N)=O)C(=O)Nc1ccc(CNC(=O)OC(C)(C)C)cc1)C(C)C. The lowest BCUT2D eigenvalue weighted by atomic mass is 10.0. The lowest BCUT2D eigenvalue weighted by Gasteiger charge is -2.25. The van der Waals surface area contributed by atoms with Crippen LogP contribution in [0, 0.1) is 5.92 Å². The van der Waals surface area contributed by atoms with E-state index in [9.17, 15) is 24.0 Å². The molecule has 0 unspecified atom stereocenters. The molecule has 2 atom stereocenters. The lowest BCUT2D eigenvalue weighted by Crippen LogP contribution is -2.54. The Bertz CT molecular complexity index is 960. The molecule has 0 aliphatic carbocycles. The van der Waals surface area contributed by atoms with Gasteiger partial charge >= 0.3 is 18.2 Å². The van der Waals surface area contributed by atoms with Gasteiger partial charge in [-0.3, -0.25) is 9.59 Å². The molecule has 1 rings (SSSR count). The van der Waals surface area contributed by atoms with E-state index in [4.69, 9.17) is 10.5 Å². The quantitative estimate of drug-likeness (QED) is 0.220. The fourth-order valence-electron chi connectivity index (χ4n) is 3.19. The summed E-state index contributed by atoms with van der Waals surface area (Å²) in [6, 6.07) is 4.18. The molecule has 1 aromatic rings. The van der Waals surface area contributed by atoms with Gasteiger partial charge in [0, 0.05) is 18.8 Å². The second-order valence-electron chi connectivity index (χ2n) is 9.89. The van der Waals surface area contributed by atoms with E-state index in [0.29, 0.717) is 12.1 Å². The minimum absolute atomic E-state index is 0.193. The van der Waals surface area contributed by atoms with Gasteiger partial charge in [0.25, 0.3) is 0 Å². The van der Waals surface area contributed by atoms with Crippen LogP contribution in [0.4, 0.5) is 20.1 Å². The fourth-order valence-corrected chi connectivity index (χ4v) is 3.19. The first-order chi connectivity index (χ1) is 17.7. The fraction of sp³-hybridized carbons (Fsp3) is 0.560. The number of hydrogen-bond acceptors (Lipinski definition) is 7. The highest BCUT2D eigenvalue weighted by molar-refractivity contribution is 5.98. The number of urea groups is 1. The van der Waals surface area contributed by atoms with E-state index in [-0.39, 0.29) is 25.4 Å². The highest BCUT2D eigenvalue weighted by atomic mass is 16.6. The maximum absolute atomic E-state index is 13.1. The number of anilines is 1. The predicted molar refractivity (Wildman–Crippen MR) is 141 cm³/mol. The van der Waals surface area contributed by atoms with Crippen LogP contribution in [0.3, 0.4) is 0 Å². The Hall–Kier alpha value is -4.03. The molecule has 0 radical (unpaired) electrons. The number of methoxy groups -OCH3 is 1. The normalized spacial score (nSPS) is 12.5. The number of carbonyl (C=O) groups is 5. The average Bonchev–Trinajstić information content (AvgIpc) is 2.82. The number of benzene rings is 1. The number of hydrogen-bond donors (Lipinski definition) is 6. The highest BCUT2D eigenvalue weighted by Crippen LogP contribution is 2.13. The van der Waals surface area contributed by atoms with E-state index in [1.165, 1.54) is 7.11 Å². The molecule has 1 aromatic carbocycles. The number of ether oxygens (including phenoxy) is 2. The van der Waals surface area contributed by atoms with Gasteiger partial charge in [0.1, 0.15) is 17.7 Å². The third kappa shape index (κ3) is 12.8. The molecule has 212 valence electrons. The van der Waals surface area contributed by atoms with Gasteiger partial charge in [-0.1, -0.05) is 26.0 Å². The van der Waals surface area contributed by atoms with Gasteiger partial charge in [0.2, 0.25) is 11.8 Å². The smallest absolute Gasteiger partial charge is 0.407 e. The summed E-state index contributed by atoms with van der Waals surface area (Å²) in [7, 11) is 1.19. The number of carbonyl (C=O) groups excluding carboxylic acids is 5. The molecule has 0 aromatic heterocycles. The van der Waals surface area contributed by atoms with Crippen molar-refractivity contribution in [1.82, 2.24) is 21.3 Å². The first-order valence-electron chi connectivity index (χ1n) is 12.3. The molecule has 0 spiro atoms. The van der Waals surface area contributed by atoms with Crippen molar-refractivity contribution in [1.29, 1.82) is 0 Å². The Morgan fingerprint density at radius 1 is 0.921 bits per heavy atom. The highest BCUT2D eigenvalue weighted by Gasteiger charge is 2.29. The summed E-state index contributed by atoms with van der Waals surface area (Å²) in [5, 5.41) is 13.0. The standard InChI is InChI=1S/C25H40N6O7/c1-15(2)19(31-24(36)37-6)21(33)30-18(8-7-13-27-22(26)34)20(32)29-17-11-9-16(10-12-17)14-28-23(35)38-25(3,4)5/h9-12,15,18-19H,7-8,13-14H2,1-6H3,(H,28,35)(H,29,32)(H,30,33)(H,31,36)(H3,26,27,34)/t18-,19-/m0/s1. The lowest BCUT2D eigenvalue weighted by molar-refractivity contribution is -0.128. The summed E-state index contributed by atoms with van der Waals surface area (Å²) < 4.78 is 9.79. The predicted octanol–water partition coefficient (Wildman–Crippen LogP) is 1.96. The summed E-state index contributed by atoms with van der Waals surface area (Å²) in [5.41, 5.74) is 5.73. The van der Waals surface area contributed by atoms with Gasteiger partial charge in [-0.25, -0.2) is 14.4 Å². The maximum Gasteiger partial charge on any atom is 0.407 e. The largest absolute Gasteiger partial charge is 0.453 e. The van der Waals surface area contributed by atoms with Gasteiger partial charge in [0.05, 0.1) is 7.11 Å². The van der Waals surface area contributed by atoms with Crippen molar-refractivity contribution in [2.75, 3.05) is 19.0 Å². The molecular weight excluding hydrogens is 496 g/mol. The summed E-state index contributed by atoms with van der Waals surface area (Å²) >= 11 is 0. The van der Waals surface area contributed by atoms with Crippen LogP contribution >= 0.6 is 0 Å². The zero-order valence-electron chi connectivity index (χ0n) is 22.8. The minimum atomic E-state index is -0.966. The minimum Gasteiger partial charge on any atom is -0.453 e. The van der Waals surface area contributed by atoms with Crippen LogP contribution in [-0.4, -0.2) is 61.4 Å². The number of nitrogens with two attached hydrogens (primary N) is 1. The molecule has 13 nitrogen and oxygen atoms in total. The van der Waals surface area contributed by atoms with Gasteiger partial charge in [-0.15, -0.1) is 0 Å². The molecule has 38 heavy (non-hydrogen) atoms. The zero-order chi connectivity index (χ0) is 28.9. The summed E-state index contributed by atoms with van der Waals surface area (Å²) in [6.45, 7) is 9.24. The van der Waals surface area contributed by atoms with Crippen LogP contribution in [0.5, 0.6) is 0 Å². The van der Waals surface area contributed by atoms with E-state index >= 15 is 0 Å². The van der Waals surface area contributed by atoms with Crippen molar-refractivity contribution >= 4 is 35.7 Å². The topological polar surface area (TPSA) is 190 Å². The van der Waals surface area contributed by atoms with Crippen molar-refractivity contribution in [3.63, 3.8) is 0 Å². The number of rotatable bonds is 12. The van der Waals surface area contributed by atoms with Crippen molar-refractivity contribution in [2.45, 2.75) is 71.7 Å². The molecule has 0 aliphatic heterocycles. The Balaban J connectivity index is 2.86. The Kier molecular flexibility index (Phi) is 12.9. The Morgan fingerprint density at radius 2 is 1.55 bits per heavy atom. The number of primary amides is 1. The number of alkyl carbamates (subject to hydrolysis) is 2.